The summed E-state index contributed by atoms with van der Waals surface area (Å²) in [6.07, 6.45) is 0.127. The van der Waals surface area contributed by atoms with Crippen LogP contribution in [0.5, 0.6) is 0 Å². The van der Waals surface area contributed by atoms with Crippen molar-refractivity contribution in [3.8, 4) is 0 Å². The van der Waals surface area contributed by atoms with Crippen LogP contribution in [0.25, 0.3) is 0 Å². The standard InChI is InChI=1S/C9H16O4.Mn/c1-6(12-3)8(10)5-9(11)7(2)13-4;/h5-7,10H,1-4H3;/b8-5-;. The summed E-state index contributed by atoms with van der Waals surface area (Å²) < 4.78 is 9.60. The van der Waals surface area contributed by atoms with E-state index in [0.717, 1.165) is 6.08 Å². The van der Waals surface area contributed by atoms with Gasteiger partial charge in [-0.05, 0) is 13.8 Å². The van der Waals surface area contributed by atoms with Crippen LogP contribution in [-0.2, 0) is 31.3 Å². The fourth-order valence-corrected chi connectivity index (χ4v) is 0.617. The number of ether oxygens (including phenoxy) is 2. The number of rotatable bonds is 5. The van der Waals surface area contributed by atoms with Crippen molar-refractivity contribution < 1.29 is 36.4 Å². The van der Waals surface area contributed by atoms with E-state index >= 15 is 0 Å². The molecule has 0 spiro atoms. The second-order valence-corrected chi connectivity index (χ2v) is 2.73. The minimum absolute atomic E-state index is 0. The minimum atomic E-state index is -0.536. The largest absolute Gasteiger partial charge is 0.509 e. The topological polar surface area (TPSA) is 55.8 Å². The zero-order valence-electron chi connectivity index (χ0n) is 8.78. The molecule has 4 nitrogen and oxygen atoms in total. The molecule has 14 heavy (non-hydrogen) atoms. The molecule has 2 atom stereocenters. The second-order valence-electron chi connectivity index (χ2n) is 2.73. The van der Waals surface area contributed by atoms with Crippen LogP contribution in [0.3, 0.4) is 0 Å². The summed E-state index contributed by atoms with van der Waals surface area (Å²) in [5.41, 5.74) is 0. The average Bonchev–Trinajstić information content (AvgIpc) is 2.14. The maximum Gasteiger partial charge on any atom is 0.187 e. The van der Waals surface area contributed by atoms with Crippen molar-refractivity contribution in [3.05, 3.63) is 11.8 Å². The van der Waals surface area contributed by atoms with Crippen molar-refractivity contribution in [2.45, 2.75) is 26.1 Å². The van der Waals surface area contributed by atoms with E-state index in [1.54, 1.807) is 13.8 Å². The summed E-state index contributed by atoms with van der Waals surface area (Å²) in [6.45, 7) is 3.26. The van der Waals surface area contributed by atoms with Gasteiger partial charge in [-0.25, -0.2) is 0 Å². The number of carbonyl (C=O) groups excluding carboxylic acids is 1. The van der Waals surface area contributed by atoms with E-state index in [-0.39, 0.29) is 28.6 Å². The van der Waals surface area contributed by atoms with Crippen LogP contribution in [0.15, 0.2) is 11.8 Å². The van der Waals surface area contributed by atoms with E-state index in [0.29, 0.717) is 0 Å². The maximum atomic E-state index is 11.2. The molecule has 0 amide bonds. The number of ketones is 1. The molecule has 0 aliphatic carbocycles. The van der Waals surface area contributed by atoms with Gasteiger partial charge in [-0.15, -0.1) is 0 Å². The molecule has 0 aromatic rings. The molecule has 0 bridgehead atoms. The van der Waals surface area contributed by atoms with Gasteiger partial charge in [0.1, 0.15) is 18.0 Å². The molecule has 0 fully saturated rings. The van der Waals surface area contributed by atoms with E-state index in [1.807, 2.05) is 0 Å². The predicted octanol–water partition coefficient (Wildman–Crippen LogP) is 1.06. The fourth-order valence-electron chi connectivity index (χ4n) is 0.617. The van der Waals surface area contributed by atoms with Gasteiger partial charge in [-0.1, -0.05) is 0 Å². The third-order valence-corrected chi connectivity index (χ3v) is 1.81. The van der Waals surface area contributed by atoms with Crippen LogP contribution < -0.4 is 0 Å². The van der Waals surface area contributed by atoms with Gasteiger partial charge in [-0.3, -0.25) is 4.79 Å². The molecule has 0 rings (SSSR count). The Kier molecular flexibility index (Phi) is 9.20. The summed E-state index contributed by atoms with van der Waals surface area (Å²) in [5, 5.41) is 9.29. The number of carbonyl (C=O) groups is 1. The zero-order chi connectivity index (χ0) is 10.4. The van der Waals surface area contributed by atoms with Gasteiger partial charge in [0.05, 0.1) is 0 Å². The number of hydrogen-bond donors (Lipinski definition) is 1. The Balaban J connectivity index is 0. The predicted molar refractivity (Wildman–Crippen MR) is 48.7 cm³/mol. The third kappa shape index (κ3) is 5.39. The molecule has 0 aliphatic heterocycles. The van der Waals surface area contributed by atoms with Gasteiger partial charge < -0.3 is 14.6 Å². The van der Waals surface area contributed by atoms with Crippen molar-refractivity contribution in [1.29, 1.82) is 0 Å². The molecule has 0 aromatic heterocycles. The van der Waals surface area contributed by atoms with Crippen LogP contribution in [-0.4, -0.2) is 37.3 Å². The summed E-state index contributed by atoms with van der Waals surface area (Å²) in [7, 11) is 2.89. The monoisotopic (exact) mass is 243 g/mol. The fraction of sp³-hybridized carbons (Fsp3) is 0.667. The molecule has 0 saturated carbocycles. The number of methoxy groups -OCH3 is 2. The van der Waals surface area contributed by atoms with Crippen LogP contribution >= 0.6 is 0 Å². The quantitative estimate of drug-likeness (QED) is 0.445. The minimum Gasteiger partial charge on any atom is -0.509 e. The summed E-state index contributed by atoms with van der Waals surface area (Å²) in [6, 6.07) is 0. The van der Waals surface area contributed by atoms with E-state index in [2.05, 4.69) is 0 Å². The maximum absolute atomic E-state index is 11.2. The first kappa shape index (κ1) is 16.1. The molecule has 0 saturated heterocycles. The van der Waals surface area contributed by atoms with Crippen molar-refractivity contribution in [1.82, 2.24) is 0 Å². The summed E-state index contributed by atoms with van der Waals surface area (Å²) in [4.78, 5) is 11.2. The molecule has 0 aromatic carbocycles. The Labute approximate surface area is 94.7 Å². The molecular weight excluding hydrogens is 227 g/mol. The van der Waals surface area contributed by atoms with Crippen LogP contribution in [0.1, 0.15) is 13.8 Å². The molecule has 1 N–H and O–H groups in total. The van der Waals surface area contributed by atoms with Gasteiger partial charge in [0, 0.05) is 37.4 Å². The van der Waals surface area contributed by atoms with E-state index in [9.17, 15) is 9.90 Å². The van der Waals surface area contributed by atoms with Gasteiger partial charge in [0.2, 0.25) is 0 Å². The molecule has 0 heterocycles. The number of aliphatic hydroxyl groups excluding tert-OH is 1. The van der Waals surface area contributed by atoms with Gasteiger partial charge in [0.15, 0.2) is 5.78 Å². The molecule has 2 unspecified atom stereocenters. The number of aliphatic hydroxyl groups is 1. The average molecular weight is 243 g/mol. The molecule has 83 valence electrons. The number of hydrogen-bond acceptors (Lipinski definition) is 4. The first-order valence-electron chi connectivity index (χ1n) is 4.03. The molecule has 0 aliphatic rings. The summed E-state index contributed by atoms with van der Waals surface area (Å²) in [5.74, 6) is -0.361. The normalized spacial score (nSPS) is 15.6. The van der Waals surface area contributed by atoms with Crippen LogP contribution in [0, 0.1) is 0 Å². The molecule has 1 radical (unpaired) electrons. The van der Waals surface area contributed by atoms with E-state index in [1.165, 1.54) is 14.2 Å². The van der Waals surface area contributed by atoms with E-state index < -0.39 is 12.2 Å². The zero-order valence-corrected chi connectivity index (χ0v) is 9.96. The van der Waals surface area contributed by atoms with Crippen LogP contribution in [0.2, 0.25) is 0 Å². The Bertz CT molecular complexity index is 203. The second kappa shape index (κ2) is 8.00. The smallest absolute Gasteiger partial charge is 0.187 e. The van der Waals surface area contributed by atoms with E-state index in [4.69, 9.17) is 9.47 Å². The van der Waals surface area contributed by atoms with Crippen LogP contribution in [0.4, 0.5) is 0 Å². The van der Waals surface area contributed by atoms with Gasteiger partial charge in [0.25, 0.3) is 0 Å². The Hall–Kier alpha value is -0.351. The van der Waals surface area contributed by atoms with Gasteiger partial charge in [-0.2, -0.15) is 0 Å². The molecular formula is C9H16MnO4. The molecule has 5 heteroatoms. The van der Waals surface area contributed by atoms with Crippen molar-refractivity contribution in [3.63, 3.8) is 0 Å². The summed E-state index contributed by atoms with van der Waals surface area (Å²) >= 11 is 0. The third-order valence-electron chi connectivity index (χ3n) is 1.81. The van der Waals surface area contributed by atoms with Crippen molar-refractivity contribution in [2.75, 3.05) is 14.2 Å². The SMILES string of the molecule is COC(C)C(=O)/C=C(\O)C(C)OC.[Mn]. The Morgan fingerprint density at radius 3 is 2.00 bits per heavy atom. The van der Waals surface area contributed by atoms with Crippen molar-refractivity contribution >= 4 is 5.78 Å². The van der Waals surface area contributed by atoms with Crippen molar-refractivity contribution in [2.24, 2.45) is 0 Å². The first-order chi connectivity index (χ1) is 6.02. The Morgan fingerprint density at radius 2 is 1.64 bits per heavy atom. The first-order valence-corrected chi connectivity index (χ1v) is 4.03. The Morgan fingerprint density at radius 1 is 1.21 bits per heavy atom. The van der Waals surface area contributed by atoms with Gasteiger partial charge >= 0.3 is 0 Å².